The molecule has 0 aliphatic carbocycles. The Morgan fingerprint density at radius 1 is 1.22 bits per heavy atom. The maximum Gasteiger partial charge on any atom is 0.310 e. The molecule has 0 saturated heterocycles. The van der Waals surface area contributed by atoms with Gasteiger partial charge in [0.25, 0.3) is 0 Å². The molecule has 0 aromatic heterocycles. The van der Waals surface area contributed by atoms with Gasteiger partial charge in [-0.3, -0.25) is 4.79 Å². The topological polar surface area (TPSA) is 39.9 Å². The van der Waals surface area contributed by atoms with Crippen molar-refractivity contribution in [1.29, 1.82) is 0 Å². The molecule has 0 spiro atoms. The Morgan fingerprint density at radius 3 is 2.57 bits per heavy atom. The normalized spacial score (nSPS) is 10.0. The van der Waals surface area contributed by atoms with Gasteiger partial charge in [-0.05, 0) is 49.2 Å². The molecule has 0 aliphatic rings. The standard InChI is InChI=1S/C18H16ClNO3/c1-4-22-18(21)11-13-5-7-17(15(19)10-13)23-16-8-6-14(20-3)9-12(16)2/h5-10H,4,11H2,1-2H3. The monoisotopic (exact) mass is 329 g/mol. The van der Waals surface area contributed by atoms with Gasteiger partial charge in [0, 0.05) is 0 Å². The average molecular weight is 330 g/mol. The van der Waals surface area contributed by atoms with Gasteiger partial charge >= 0.3 is 5.97 Å². The number of rotatable bonds is 5. The van der Waals surface area contributed by atoms with Gasteiger partial charge in [0.2, 0.25) is 0 Å². The summed E-state index contributed by atoms with van der Waals surface area (Å²) in [7, 11) is 0. The number of ether oxygens (including phenoxy) is 2. The molecule has 0 heterocycles. The van der Waals surface area contributed by atoms with Gasteiger partial charge in [-0.1, -0.05) is 23.7 Å². The fourth-order valence-electron chi connectivity index (χ4n) is 2.05. The van der Waals surface area contributed by atoms with Crippen LogP contribution in [-0.4, -0.2) is 12.6 Å². The van der Waals surface area contributed by atoms with Gasteiger partial charge in [-0.15, -0.1) is 0 Å². The number of hydrogen-bond donors (Lipinski definition) is 0. The molecule has 0 bridgehead atoms. The van der Waals surface area contributed by atoms with Crippen molar-refractivity contribution in [2.24, 2.45) is 0 Å². The highest BCUT2D eigenvalue weighted by Gasteiger charge is 2.10. The van der Waals surface area contributed by atoms with Crippen LogP contribution in [0.25, 0.3) is 4.85 Å². The fourth-order valence-corrected chi connectivity index (χ4v) is 2.29. The van der Waals surface area contributed by atoms with E-state index < -0.39 is 0 Å². The summed E-state index contributed by atoms with van der Waals surface area (Å²) in [4.78, 5) is 14.9. The molecule has 0 amide bonds. The van der Waals surface area contributed by atoms with Crippen molar-refractivity contribution in [2.45, 2.75) is 20.3 Å². The predicted molar refractivity (Wildman–Crippen MR) is 89.3 cm³/mol. The zero-order valence-corrected chi connectivity index (χ0v) is 13.7. The van der Waals surface area contributed by atoms with Crippen LogP contribution in [0.1, 0.15) is 18.1 Å². The van der Waals surface area contributed by atoms with Crippen LogP contribution >= 0.6 is 11.6 Å². The first-order valence-corrected chi connectivity index (χ1v) is 7.51. The van der Waals surface area contributed by atoms with Crippen LogP contribution < -0.4 is 4.74 Å². The molecule has 2 aromatic carbocycles. The first-order chi connectivity index (χ1) is 11.0. The molecule has 0 aliphatic heterocycles. The van der Waals surface area contributed by atoms with Crippen molar-refractivity contribution in [3.05, 3.63) is 64.0 Å². The summed E-state index contributed by atoms with van der Waals surface area (Å²) in [6, 6.07) is 10.4. The molecular weight excluding hydrogens is 314 g/mol. The highest BCUT2D eigenvalue weighted by molar-refractivity contribution is 6.32. The molecule has 0 saturated carbocycles. The maximum absolute atomic E-state index is 11.5. The Hall–Kier alpha value is -2.51. The summed E-state index contributed by atoms with van der Waals surface area (Å²) < 4.78 is 10.7. The lowest BCUT2D eigenvalue weighted by Crippen LogP contribution is -2.07. The second-order valence-electron chi connectivity index (χ2n) is 4.91. The first kappa shape index (κ1) is 16.9. The predicted octanol–water partition coefficient (Wildman–Crippen LogP) is 5.10. The molecule has 0 unspecified atom stereocenters. The maximum atomic E-state index is 11.5. The number of nitrogens with zero attached hydrogens (tertiary/aromatic N) is 1. The molecule has 23 heavy (non-hydrogen) atoms. The number of halogens is 1. The smallest absolute Gasteiger partial charge is 0.310 e. The van der Waals surface area contributed by atoms with Crippen molar-refractivity contribution in [2.75, 3.05) is 6.61 Å². The Morgan fingerprint density at radius 2 is 1.96 bits per heavy atom. The lowest BCUT2D eigenvalue weighted by atomic mass is 10.1. The number of aryl methyl sites for hydroxylation is 1. The van der Waals surface area contributed by atoms with Crippen LogP contribution in [-0.2, 0) is 16.0 Å². The van der Waals surface area contributed by atoms with Crippen molar-refractivity contribution in [1.82, 2.24) is 0 Å². The Bertz CT molecular complexity index is 765. The SMILES string of the molecule is [C-]#[N+]c1ccc(Oc2ccc(CC(=O)OCC)cc2Cl)c(C)c1. The molecule has 0 fully saturated rings. The minimum Gasteiger partial charge on any atom is -0.466 e. The number of carbonyl (C=O) groups excluding carboxylic acids is 1. The lowest BCUT2D eigenvalue weighted by molar-refractivity contribution is -0.142. The summed E-state index contributed by atoms with van der Waals surface area (Å²) >= 11 is 6.23. The molecule has 4 nitrogen and oxygen atoms in total. The Kier molecular flexibility index (Phi) is 5.61. The molecule has 0 atom stereocenters. The number of carbonyl (C=O) groups is 1. The second-order valence-corrected chi connectivity index (χ2v) is 5.32. The van der Waals surface area contributed by atoms with E-state index in [2.05, 4.69) is 4.85 Å². The van der Waals surface area contributed by atoms with Gasteiger partial charge < -0.3 is 9.47 Å². The van der Waals surface area contributed by atoms with Crippen LogP contribution in [0.3, 0.4) is 0 Å². The number of hydrogen-bond acceptors (Lipinski definition) is 3. The van der Waals surface area contributed by atoms with E-state index in [-0.39, 0.29) is 12.4 Å². The molecule has 5 heteroatoms. The zero-order chi connectivity index (χ0) is 16.8. The van der Waals surface area contributed by atoms with Crippen LogP contribution in [0.4, 0.5) is 5.69 Å². The first-order valence-electron chi connectivity index (χ1n) is 7.13. The number of esters is 1. The van der Waals surface area contributed by atoms with E-state index in [4.69, 9.17) is 27.6 Å². The van der Waals surface area contributed by atoms with Crippen LogP contribution in [0.5, 0.6) is 11.5 Å². The van der Waals surface area contributed by atoms with Gasteiger partial charge in [0.15, 0.2) is 5.69 Å². The lowest BCUT2D eigenvalue weighted by Gasteiger charge is -2.11. The molecule has 2 aromatic rings. The third-order valence-electron chi connectivity index (χ3n) is 3.16. The van der Waals surface area contributed by atoms with E-state index in [1.165, 1.54) is 0 Å². The summed E-state index contributed by atoms with van der Waals surface area (Å²) in [6.45, 7) is 11.0. The van der Waals surface area contributed by atoms with Gasteiger partial charge in [-0.25, -0.2) is 4.85 Å². The quantitative estimate of drug-likeness (QED) is 0.566. The van der Waals surface area contributed by atoms with Crippen LogP contribution in [0.15, 0.2) is 36.4 Å². The van der Waals surface area contributed by atoms with E-state index in [9.17, 15) is 4.79 Å². The highest BCUT2D eigenvalue weighted by Crippen LogP contribution is 2.33. The Balaban J connectivity index is 2.15. The minimum atomic E-state index is -0.289. The third-order valence-corrected chi connectivity index (χ3v) is 3.45. The molecule has 0 radical (unpaired) electrons. The van der Waals surface area contributed by atoms with Crippen LogP contribution in [0.2, 0.25) is 5.02 Å². The summed E-state index contributed by atoms with van der Waals surface area (Å²) in [6.07, 6.45) is 0.173. The largest absolute Gasteiger partial charge is 0.466 e. The van der Waals surface area contributed by atoms with Crippen molar-refractivity contribution in [3.63, 3.8) is 0 Å². The van der Waals surface area contributed by atoms with Crippen molar-refractivity contribution >= 4 is 23.3 Å². The van der Waals surface area contributed by atoms with Gasteiger partial charge in [0.1, 0.15) is 11.5 Å². The fraction of sp³-hybridized carbons (Fsp3) is 0.222. The minimum absolute atomic E-state index is 0.173. The average Bonchev–Trinajstić information content (AvgIpc) is 2.51. The van der Waals surface area contributed by atoms with Crippen molar-refractivity contribution < 1.29 is 14.3 Å². The Labute approximate surface area is 140 Å². The zero-order valence-electron chi connectivity index (χ0n) is 12.9. The van der Waals surface area contributed by atoms with Crippen molar-refractivity contribution in [3.8, 4) is 11.5 Å². The third kappa shape index (κ3) is 4.48. The second kappa shape index (κ2) is 7.66. The van der Waals surface area contributed by atoms with E-state index in [0.29, 0.717) is 28.8 Å². The van der Waals surface area contributed by atoms with Gasteiger partial charge in [-0.2, -0.15) is 0 Å². The van der Waals surface area contributed by atoms with E-state index in [1.54, 1.807) is 43.3 Å². The number of benzene rings is 2. The molecule has 2 rings (SSSR count). The van der Waals surface area contributed by atoms with Crippen LogP contribution in [0, 0.1) is 13.5 Å². The summed E-state index contributed by atoms with van der Waals surface area (Å²) in [5, 5.41) is 0.417. The highest BCUT2D eigenvalue weighted by atomic mass is 35.5. The molecule has 118 valence electrons. The van der Waals surface area contributed by atoms with E-state index >= 15 is 0 Å². The van der Waals surface area contributed by atoms with Gasteiger partial charge in [0.05, 0.1) is 24.6 Å². The summed E-state index contributed by atoms with van der Waals surface area (Å²) in [5.74, 6) is 0.846. The van der Waals surface area contributed by atoms with E-state index in [0.717, 1.165) is 11.1 Å². The summed E-state index contributed by atoms with van der Waals surface area (Å²) in [5.41, 5.74) is 2.18. The van der Waals surface area contributed by atoms with E-state index in [1.807, 2.05) is 6.92 Å². The molecular formula is C18H16ClNO3. The molecule has 0 N–H and O–H groups in total.